The Hall–Kier alpha value is -3.29. The molecule has 2 heterocycles. The van der Waals surface area contributed by atoms with Gasteiger partial charge in [-0.05, 0) is 43.0 Å². The molecule has 2 aromatic rings. The fourth-order valence-electron chi connectivity index (χ4n) is 3.16. The Morgan fingerprint density at radius 3 is 2.59 bits per heavy atom. The SMILES string of the molecule is NC(=O)c1cncc(NC(=O)C(=O)N2CCCC[C@H]2c2ccc(F)cc2)c1. The van der Waals surface area contributed by atoms with Crippen LogP contribution in [0.25, 0.3) is 0 Å². The predicted octanol–water partition coefficient (Wildman–Crippen LogP) is 2.01. The minimum atomic E-state index is -0.826. The molecule has 1 fully saturated rings. The van der Waals surface area contributed by atoms with Crippen LogP contribution in [0.1, 0.15) is 41.2 Å². The number of rotatable bonds is 3. The van der Waals surface area contributed by atoms with Crippen molar-refractivity contribution >= 4 is 23.4 Å². The highest BCUT2D eigenvalue weighted by atomic mass is 19.1. The van der Waals surface area contributed by atoms with Gasteiger partial charge in [0.25, 0.3) is 0 Å². The van der Waals surface area contributed by atoms with Crippen molar-refractivity contribution in [3.8, 4) is 0 Å². The third-order valence-electron chi connectivity index (χ3n) is 4.49. The lowest BCUT2D eigenvalue weighted by Gasteiger charge is -2.35. The van der Waals surface area contributed by atoms with E-state index in [9.17, 15) is 18.8 Å². The first-order valence-electron chi connectivity index (χ1n) is 8.58. The number of hydrogen-bond acceptors (Lipinski definition) is 4. The number of nitrogens with one attached hydrogen (secondary N) is 1. The Balaban J connectivity index is 1.76. The molecule has 1 aliphatic rings. The van der Waals surface area contributed by atoms with E-state index in [2.05, 4.69) is 10.3 Å². The molecule has 0 aliphatic carbocycles. The van der Waals surface area contributed by atoms with Crippen molar-refractivity contribution in [1.82, 2.24) is 9.88 Å². The van der Waals surface area contributed by atoms with Gasteiger partial charge in [-0.2, -0.15) is 0 Å². The molecule has 3 rings (SSSR count). The number of nitrogens with two attached hydrogens (primary N) is 1. The van der Waals surface area contributed by atoms with E-state index in [0.717, 1.165) is 18.4 Å². The van der Waals surface area contributed by atoms with Gasteiger partial charge in [-0.3, -0.25) is 19.4 Å². The zero-order valence-corrected chi connectivity index (χ0v) is 14.5. The summed E-state index contributed by atoms with van der Waals surface area (Å²) in [5.74, 6) is -2.55. The molecule has 0 bridgehead atoms. The zero-order valence-electron chi connectivity index (χ0n) is 14.5. The van der Waals surface area contributed by atoms with Gasteiger partial charge in [-0.25, -0.2) is 4.39 Å². The molecule has 140 valence electrons. The topological polar surface area (TPSA) is 105 Å². The van der Waals surface area contributed by atoms with Gasteiger partial charge in [-0.15, -0.1) is 0 Å². The van der Waals surface area contributed by atoms with Crippen LogP contribution >= 0.6 is 0 Å². The Labute approximate surface area is 155 Å². The molecule has 7 nitrogen and oxygen atoms in total. The fourth-order valence-corrected chi connectivity index (χ4v) is 3.16. The van der Waals surface area contributed by atoms with Crippen molar-refractivity contribution < 1.29 is 18.8 Å². The molecule has 0 radical (unpaired) electrons. The second-order valence-corrected chi connectivity index (χ2v) is 6.34. The maximum Gasteiger partial charge on any atom is 0.313 e. The summed E-state index contributed by atoms with van der Waals surface area (Å²) in [6.07, 6.45) is 5.00. The van der Waals surface area contributed by atoms with Crippen LogP contribution in [0, 0.1) is 5.82 Å². The lowest BCUT2D eigenvalue weighted by Crippen LogP contribution is -2.44. The van der Waals surface area contributed by atoms with Crippen LogP contribution in [0.2, 0.25) is 0 Å². The second-order valence-electron chi connectivity index (χ2n) is 6.34. The third kappa shape index (κ3) is 4.28. The minimum absolute atomic E-state index is 0.127. The Kier molecular flexibility index (Phi) is 5.44. The highest BCUT2D eigenvalue weighted by molar-refractivity contribution is 6.39. The van der Waals surface area contributed by atoms with E-state index < -0.39 is 17.7 Å². The fraction of sp³-hybridized carbons (Fsp3) is 0.263. The number of carbonyl (C=O) groups excluding carboxylic acids is 3. The van der Waals surface area contributed by atoms with Gasteiger partial charge in [-0.1, -0.05) is 12.1 Å². The summed E-state index contributed by atoms with van der Waals surface area (Å²) >= 11 is 0. The molecule has 1 saturated heterocycles. The van der Waals surface area contributed by atoms with Gasteiger partial charge in [0.15, 0.2) is 0 Å². The van der Waals surface area contributed by atoms with Crippen molar-refractivity contribution in [2.75, 3.05) is 11.9 Å². The number of hydrogen-bond donors (Lipinski definition) is 2. The molecule has 3 amide bonds. The largest absolute Gasteiger partial charge is 0.366 e. The van der Waals surface area contributed by atoms with E-state index in [-0.39, 0.29) is 23.1 Å². The predicted molar refractivity (Wildman–Crippen MR) is 96.1 cm³/mol. The summed E-state index contributed by atoms with van der Waals surface area (Å²) in [5, 5.41) is 2.45. The summed E-state index contributed by atoms with van der Waals surface area (Å²) in [5.41, 5.74) is 6.31. The number of aromatic nitrogens is 1. The third-order valence-corrected chi connectivity index (χ3v) is 4.49. The number of amides is 3. The second kappa shape index (κ2) is 7.94. The molecule has 8 heteroatoms. The normalized spacial score (nSPS) is 16.6. The lowest BCUT2D eigenvalue weighted by molar-refractivity contribution is -0.145. The maximum absolute atomic E-state index is 13.2. The van der Waals surface area contributed by atoms with Crippen molar-refractivity contribution in [3.05, 3.63) is 59.7 Å². The van der Waals surface area contributed by atoms with Crippen LogP contribution in [-0.2, 0) is 9.59 Å². The number of piperidine rings is 1. The molecular formula is C19H19FN4O3. The maximum atomic E-state index is 13.2. The minimum Gasteiger partial charge on any atom is -0.366 e. The van der Waals surface area contributed by atoms with Crippen molar-refractivity contribution in [3.63, 3.8) is 0 Å². The summed E-state index contributed by atoms with van der Waals surface area (Å²) in [6.45, 7) is 0.438. The number of pyridine rings is 1. The smallest absolute Gasteiger partial charge is 0.313 e. The van der Waals surface area contributed by atoms with E-state index in [4.69, 9.17) is 5.73 Å². The molecule has 0 spiro atoms. The van der Waals surface area contributed by atoms with Gasteiger partial charge in [0.05, 0.1) is 23.5 Å². The number of halogens is 1. The number of benzene rings is 1. The molecule has 1 aliphatic heterocycles. The number of anilines is 1. The summed E-state index contributed by atoms with van der Waals surface area (Å²) < 4.78 is 13.2. The first kappa shape index (κ1) is 18.5. The Morgan fingerprint density at radius 2 is 1.89 bits per heavy atom. The highest BCUT2D eigenvalue weighted by Gasteiger charge is 2.31. The first-order chi connectivity index (χ1) is 13.0. The van der Waals surface area contributed by atoms with Crippen LogP contribution in [0.4, 0.5) is 10.1 Å². The molecule has 1 aromatic heterocycles. The number of carbonyl (C=O) groups is 3. The van der Waals surface area contributed by atoms with Gasteiger partial charge < -0.3 is 16.0 Å². The monoisotopic (exact) mass is 370 g/mol. The standard InChI is InChI=1S/C19H19FN4O3/c20-14-6-4-12(5-7-14)16-3-1-2-8-24(16)19(27)18(26)23-15-9-13(17(21)25)10-22-11-15/h4-7,9-11,16H,1-3,8H2,(H2,21,25)(H,23,26)/t16-/m0/s1. The van der Waals surface area contributed by atoms with E-state index in [1.807, 2.05) is 0 Å². The van der Waals surface area contributed by atoms with E-state index >= 15 is 0 Å². The number of likely N-dealkylation sites (tertiary alicyclic amines) is 1. The van der Waals surface area contributed by atoms with Gasteiger partial charge in [0.1, 0.15) is 5.82 Å². The van der Waals surface area contributed by atoms with Crippen LogP contribution in [0.15, 0.2) is 42.7 Å². The van der Waals surface area contributed by atoms with Crippen molar-refractivity contribution in [1.29, 1.82) is 0 Å². The quantitative estimate of drug-likeness (QED) is 0.806. The van der Waals surface area contributed by atoms with Gasteiger partial charge >= 0.3 is 11.8 Å². The van der Waals surface area contributed by atoms with Crippen LogP contribution in [-0.4, -0.2) is 34.2 Å². The number of primary amides is 1. The molecule has 0 saturated carbocycles. The molecule has 27 heavy (non-hydrogen) atoms. The van der Waals surface area contributed by atoms with Crippen molar-refractivity contribution in [2.45, 2.75) is 25.3 Å². The summed E-state index contributed by atoms with van der Waals surface area (Å²) in [6, 6.07) is 7.01. The van der Waals surface area contributed by atoms with Crippen molar-refractivity contribution in [2.24, 2.45) is 5.73 Å². The van der Waals surface area contributed by atoms with E-state index in [1.54, 1.807) is 12.1 Å². The van der Waals surface area contributed by atoms with Crippen LogP contribution < -0.4 is 11.1 Å². The number of nitrogens with zero attached hydrogens (tertiary/aromatic N) is 2. The zero-order chi connectivity index (χ0) is 19.4. The Bertz CT molecular complexity index is 870. The molecule has 1 atom stereocenters. The molecule has 0 unspecified atom stereocenters. The first-order valence-corrected chi connectivity index (χ1v) is 8.58. The lowest BCUT2D eigenvalue weighted by atomic mass is 9.95. The highest BCUT2D eigenvalue weighted by Crippen LogP contribution is 2.31. The van der Waals surface area contributed by atoms with Gasteiger partial charge in [0.2, 0.25) is 5.91 Å². The van der Waals surface area contributed by atoms with E-state index in [0.29, 0.717) is 13.0 Å². The molecule has 3 N–H and O–H groups in total. The van der Waals surface area contributed by atoms with Crippen LogP contribution in [0.3, 0.4) is 0 Å². The van der Waals surface area contributed by atoms with Gasteiger partial charge in [0, 0.05) is 12.7 Å². The average Bonchev–Trinajstić information content (AvgIpc) is 2.68. The summed E-state index contributed by atoms with van der Waals surface area (Å²) in [4.78, 5) is 41.7. The molecule has 1 aromatic carbocycles. The average molecular weight is 370 g/mol. The van der Waals surface area contributed by atoms with E-state index in [1.165, 1.54) is 35.5 Å². The molecular weight excluding hydrogens is 351 g/mol. The summed E-state index contributed by atoms with van der Waals surface area (Å²) in [7, 11) is 0. The Morgan fingerprint density at radius 1 is 1.15 bits per heavy atom. The van der Waals surface area contributed by atoms with Crippen LogP contribution in [0.5, 0.6) is 0 Å².